The Morgan fingerprint density at radius 3 is 1.53 bits per heavy atom. The second kappa shape index (κ2) is 13.6. The van der Waals surface area contributed by atoms with Crippen molar-refractivity contribution in [1.29, 1.82) is 0 Å². The minimum Gasteiger partial charge on any atom is -0.353 e. The fourth-order valence-corrected chi connectivity index (χ4v) is 3.11. The number of hydrogen-bond acceptors (Lipinski definition) is 2. The average Bonchev–Trinajstić information content (AvgIpc) is 2.73. The van der Waals surface area contributed by atoms with Crippen LogP contribution < -0.4 is 10.6 Å². The summed E-state index contributed by atoms with van der Waals surface area (Å²) in [5, 5.41) is 7.02. The van der Waals surface area contributed by atoms with Crippen molar-refractivity contribution in [2.45, 2.75) is 25.7 Å². The molecule has 2 amide bonds. The molecule has 2 aromatic rings. The van der Waals surface area contributed by atoms with Gasteiger partial charge in [0.1, 0.15) is 0 Å². The van der Waals surface area contributed by atoms with Crippen molar-refractivity contribution < 1.29 is 9.59 Å². The third-order valence-corrected chi connectivity index (χ3v) is 4.72. The van der Waals surface area contributed by atoms with E-state index in [4.69, 9.17) is 23.2 Å². The first-order valence-corrected chi connectivity index (χ1v) is 10.7. The molecule has 0 atom stereocenters. The number of halogens is 2. The first-order chi connectivity index (χ1) is 14.5. The largest absolute Gasteiger partial charge is 0.353 e. The maximum Gasteiger partial charge on any atom is 0.243 e. The highest BCUT2D eigenvalue weighted by atomic mass is 35.5. The smallest absolute Gasteiger partial charge is 0.243 e. The summed E-state index contributed by atoms with van der Waals surface area (Å²) >= 11 is 11.8. The molecule has 0 saturated carbocycles. The predicted molar refractivity (Wildman–Crippen MR) is 125 cm³/mol. The molecule has 0 bridgehead atoms. The maximum atomic E-state index is 11.8. The summed E-state index contributed by atoms with van der Waals surface area (Å²) in [5.74, 6) is -0.234. The van der Waals surface area contributed by atoms with Crippen molar-refractivity contribution in [3.8, 4) is 0 Å². The van der Waals surface area contributed by atoms with Crippen molar-refractivity contribution in [2.75, 3.05) is 13.1 Å². The maximum absolute atomic E-state index is 11.8. The van der Waals surface area contributed by atoms with Crippen LogP contribution in [0, 0.1) is 0 Å². The molecule has 0 fully saturated rings. The van der Waals surface area contributed by atoms with E-state index in [0.717, 1.165) is 36.8 Å². The topological polar surface area (TPSA) is 58.2 Å². The molecule has 0 unspecified atom stereocenters. The molecule has 0 aliphatic rings. The minimum absolute atomic E-state index is 0.117. The summed E-state index contributed by atoms with van der Waals surface area (Å²) in [7, 11) is 0. The van der Waals surface area contributed by atoms with Gasteiger partial charge in [-0.2, -0.15) is 0 Å². The first-order valence-electron chi connectivity index (χ1n) is 9.96. The molecule has 0 heterocycles. The van der Waals surface area contributed by atoms with Crippen LogP contribution >= 0.6 is 23.2 Å². The van der Waals surface area contributed by atoms with Crippen LogP contribution in [0.3, 0.4) is 0 Å². The number of hydrogen-bond donors (Lipinski definition) is 2. The molecule has 0 spiro atoms. The molecule has 0 aliphatic heterocycles. The molecular weight excluding hydrogens is 419 g/mol. The Balaban J connectivity index is 1.49. The summed E-state index contributed by atoms with van der Waals surface area (Å²) in [6, 6.07) is 14.7. The zero-order valence-corrected chi connectivity index (χ0v) is 18.3. The SMILES string of the molecule is O=C(C=Cc1cccc(Cl)c1)NCCCCCCNC(=O)C=Cc1cccc(Cl)c1. The minimum atomic E-state index is -0.117. The van der Waals surface area contributed by atoms with Gasteiger partial charge in [0.05, 0.1) is 0 Å². The van der Waals surface area contributed by atoms with E-state index in [1.54, 1.807) is 36.4 Å². The second-order valence-corrected chi connectivity index (χ2v) is 7.65. The van der Waals surface area contributed by atoms with Crippen LogP contribution in [0.4, 0.5) is 0 Å². The normalized spacial score (nSPS) is 11.1. The molecule has 0 aromatic heterocycles. The summed E-state index contributed by atoms with van der Waals surface area (Å²) < 4.78 is 0. The second-order valence-electron chi connectivity index (χ2n) is 6.77. The quantitative estimate of drug-likeness (QED) is 0.354. The monoisotopic (exact) mass is 444 g/mol. The molecule has 0 radical (unpaired) electrons. The Kier molecular flexibility index (Phi) is 10.8. The Labute approximate surface area is 188 Å². The van der Waals surface area contributed by atoms with E-state index < -0.39 is 0 Å². The zero-order chi connectivity index (χ0) is 21.6. The summed E-state index contributed by atoms with van der Waals surface area (Å²) in [5.41, 5.74) is 1.78. The van der Waals surface area contributed by atoms with Gasteiger partial charge in [0.2, 0.25) is 11.8 Å². The molecule has 6 heteroatoms. The van der Waals surface area contributed by atoms with E-state index in [1.807, 2.05) is 24.3 Å². The van der Waals surface area contributed by atoms with Crippen LogP contribution in [0.25, 0.3) is 12.2 Å². The lowest BCUT2D eigenvalue weighted by Gasteiger charge is -2.04. The van der Waals surface area contributed by atoms with Crippen molar-refractivity contribution in [1.82, 2.24) is 10.6 Å². The Bertz CT molecular complexity index is 821. The van der Waals surface area contributed by atoms with Gasteiger partial charge in [-0.05, 0) is 60.4 Å². The van der Waals surface area contributed by atoms with E-state index in [0.29, 0.717) is 23.1 Å². The zero-order valence-electron chi connectivity index (χ0n) is 16.7. The van der Waals surface area contributed by atoms with Crippen LogP contribution in [0.15, 0.2) is 60.7 Å². The van der Waals surface area contributed by atoms with E-state index in [-0.39, 0.29) is 11.8 Å². The van der Waals surface area contributed by atoms with Crippen LogP contribution in [-0.4, -0.2) is 24.9 Å². The number of nitrogens with one attached hydrogen (secondary N) is 2. The van der Waals surface area contributed by atoms with E-state index in [2.05, 4.69) is 10.6 Å². The van der Waals surface area contributed by atoms with Crippen molar-refractivity contribution in [3.05, 3.63) is 81.9 Å². The highest BCUT2D eigenvalue weighted by Crippen LogP contribution is 2.12. The fourth-order valence-electron chi connectivity index (χ4n) is 2.71. The lowest BCUT2D eigenvalue weighted by Crippen LogP contribution is -2.23. The van der Waals surface area contributed by atoms with Crippen LogP contribution in [-0.2, 0) is 9.59 Å². The number of carbonyl (C=O) groups excluding carboxylic acids is 2. The molecule has 4 nitrogen and oxygen atoms in total. The third kappa shape index (κ3) is 10.3. The van der Waals surface area contributed by atoms with Crippen molar-refractivity contribution in [3.63, 3.8) is 0 Å². The Hall–Kier alpha value is -2.56. The highest BCUT2D eigenvalue weighted by molar-refractivity contribution is 6.31. The van der Waals surface area contributed by atoms with E-state index >= 15 is 0 Å². The van der Waals surface area contributed by atoms with Crippen molar-refractivity contribution >= 4 is 47.2 Å². The van der Waals surface area contributed by atoms with Gasteiger partial charge in [0, 0.05) is 35.3 Å². The van der Waals surface area contributed by atoms with E-state index in [1.165, 1.54) is 12.2 Å². The van der Waals surface area contributed by atoms with E-state index in [9.17, 15) is 9.59 Å². The standard InChI is InChI=1S/C24H26Cl2N2O2/c25-21-9-5-7-19(17-21)11-13-23(29)27-15-3-1-2-4-16-28-24(30)14-12-20-8-6-10-22(26)18-20/h5-14,17-18H,1-4,15-16H2,(H,27,29)(H,28,30). The summed E-state index contributed by atoms with van der Waals surface area (Å²) in [6.45, 7) is 1.26. The fraction of sp³-hybridized carbons (Fsp3) is 0.250. The van der Waals surface area contributed by atoms with Gasteiger partial charge in [0.25, 0.3) is 0 Å². The Morgan fingerprint density at radius 1 is 0.700 bits per heavy atom. The molecule has 2 aromatic carbocycles. The molecule has 0 saturated heterocycles. The van der Waals surface area contributed by atoms with Gasteiger partial charge < -0.3 is 10.6 Å². The van der Waals surface area contributed by atoms with Gasteiger partial charge in [-0.25, -0.2) is 0 Å². The van der Waals surface area contributed by atoms with Gasteiger partial charge >= 0.3 is 0 Å². The predicted octanol–water partition coefficient (Wildman–Crippen LogP) is 5.51. The number of rotatable bonds is 11. The Morgan fingerprint density at radius 2 is 1.13 bits per heavy atom. The summed E-state index contributed by atoms with van der Waals surface area (Å²) in [4.78, 5) is 23.6. The lowest BCUT2D eigenvalue weighted by molar-refractivity contribution is -0.117. The van der Waals surface area contributed by atoms with Crippen LogP contribution in [0.2, 0.25) is 10.0 Å². The van der Waals surface area contributed by atoms with Crippen LogP contribution in [0.1, 0.15) is 36.8 Å². The molecule has 2 rings (SSSR count). The number of carbonyl (C=O) groups is 2. The molecule has 0 aliphatic carbocycles. The molecule has 30 heavy (non-hydrogen) atoms. The third-order valence-electron chi connectivity index (χ3n) is 4.25. The summed E-state index contributed by atoms with van der Waals surface area (Å²) in [6.07, 6.45) is 10.3. The molecule has 2 N–H and O–H groups in total. The number of amides is 2. The van der Waals surface area contributed by atoms with Crippen LogP contribution in [0.5, 0.6) is 0 Å². The van der Waals surface area contributed by atoms with Gasteiger partial charge in [-0.3, -0.25) is 9.59 Å². The first kappa shape index (κ1) is 23.7. The van der Waals surface area contributed by atoms with Gasteiger partial charge in [0.15, 0.2) is 0 Å². The highest BCUT2D eigenvalue weighted by Gasteiger charge is 1.98. The average molecular weight is 445 g/mol. The lowest BCUT2D eigenvalue weighted by atomic mass is 10.2. The molecular formula is C24H26Cl2N2O2. The van der Waals surface area contributed by atoms with Gasteiger partial charge in [-0.1, -0.05) is 60.3 Å². The van der Waals surface area contributed by atoms with Gasteiger partial charge in [-0.15, -0.1) is 0 Å². The van der Waals surface area contributed by atoms with Crippen molar-refractivity contribution in [2.24, 2.45) is 0 Å². The number of unbranched alkanes of at least 4 members (excludes halogenated alkanes) is 3. The number of benzene rings is 2. The molecule has 158 valence electrons.